The minimum Gasteiger partial charge on any atom is -0.384 e. The number of unbranched alkanes of at least 4 members (excludes halogenated alkanes) is 13. The van der Waals surface area contributed by atoms with E-state index in [4.69, 9.17) is 4.98 Å². The van der Waals surface area contributed by atoms with Crippen LogP contribution in [0.2, 0.25) is 0 Å². The molecule has 0 atom stereocenters. The van der Waals surface area contributed by atoms with Crippen molar-refractivity contribution in [1.82, 2.24) is 4.98 Å². The highest BCUT2D eigenvalue weighted by molar-refractivity contribution is 9.10. The van der Waals surface area contributed by atoms with Gasteiger partial charge in [-0.3, -0.25) is 9.78 Å². The van der Waals surface area contributed by atoms with E-state index in [0.29, 0.717) is 6.42 Å². The van der Waals surface area contributed by atoms with Crippen molar-refractivity contribution < 1.29 is 4.79 Å². The summed E-state index contributed by atoms with van der Waals surface area (Å²) in [6.45, 7) is 7.53. The van der Waals surface area contributed by atoms with E-state index in [-0.39, 0.29) is 11.2 Å². The van der Waals surface area contributed by atoms with Gasteiger partial charge >= 0.3 is 0 Å². The molecule has 3 rings (SSSR count). The van der Waals surface area contributed by atoms with Crippen molar-refractivity contribution in [2.75, 3.05) is 11.9 Å². The van der Waals surface area contributed by atoms with Crippen molar-refractivity contribution in [3.63, 3.8) is 0 Å². The maximum absolute atomic E-state index is 13.1. The van der Waals surface area contributed by atoms with Gasteiger partial charge in [-0.25, -0.2) is 0 Å². The summed E-state index contributed by atoms with van der Waals surface area (Å²) in [6.07, 6.45) is 20.6. The highest BCUT2D eigenvalue weighted by Gasteiger charge is 2.34. The van der Waals surface area contributed by atoms with Gasteiger partial charge in [0.15, 0.2) is 5.78 Å². The number of benzene rings is 1. The standard InChI is InChI=1S/C31H47BrN2O/c1-4-5-6-7-8-9-10-11-12-13-14-15-16-17-20-33-30-25-21-24(32)18-19-26(25)34-27-22-31(2,3)23-28(35)29(27)30/h18-19,21H,4-17,20,22-23H2,1-3H3,(H,33,34). The molecule has 0 spiro atoms. The quantitative estimate of drug-likeness (QED) is 0.214. The first kappa shape index (κ1) is 28.2. The summed E-state index contributed by atoms with van der Waals surface area (Å²) in [5.74, 6) is 0.231. The monoisotopic (exact) mass is 542 g/mol. The molecule has 2 aromatic rings. The SMILES string of the molecule is CCCCCCCCCCCCCCCCNc1c2c(nc3ccc(Br)cc13)CC(C)(C)CC2=O. The number of carbonyl (C=O) groups is 1. The number of hydrogen-bond acceptors (Lipinski definition) is 3. The summed E-state index contributed by atoms with van der Waals surface area (Å²) in [6, 6.07) is 6.20. The van der Waals surface area contributed by atoms with Crippen LogP contribution in [0.4, 0.5) is 5.69 Å². The Hall–Kier alpha value is -1.42. The zero-order chi connectivity index (χ0) is 25.1. The largest absolute Gasteiger partial charge is 0.384 e. The highest BCUT2D eigenvalue weighted by Crippen LogP contribution is 2.40. The van der Waals surface area contributed by atoms with Gasteiger partial charge in [0.25, 0.3) is 0 Å². The van der Waals surface area contributed by atoms with Gasteiger partial charge in [0.2, 0.25) is 0 Å². The molecule has 0 fully saturated rings. The van der Waals surface area contributed by atoms with Crippen LogP contribution in [0.5, 0.6) is 0 Å². The average Bonchev–Trinajstić information content (AvgIpc) is 2.80. The second kappa shape index (κ2) is 14.4. The minimum absolute atomic E-state index is 0.0218. The van der Waals surface area contributed by atoms with E-state index in [0.717, 1.165) is 51.7 Å². The van der Waals surface area contributed by atoms with Gasteiger partial charge in [-0.1, -0.05) is 120 Å². The molecular weight excluding hydrogens is 496 g/mol. The third kappa shape index (κ3) is 8.88. The summed E-state index contributed by atoms with van der Waals surface area (Å²) in [7, 11) is 0. The third-order valence-corrected chi connectivity index (χ3v) is 7.91. The summed E-state index contributed by atoms with van der Waals surface area (Å²) in [5.41, 5.74) is 3.75. The van der Waals surface area contributed by atoms with Crippen molar-refractivity contribution in [1.29, 1.82) is 0 Å². The Labute approximate surface area is 222 Å². The van der Waals surface area contributed by atoms with Gasteiger partial charge < -0.3 is 5.32 Å². The predicted octanol–water partition coefficient (Wildman–Crippen LogP) is 10.0. The Bertz CT molecular complexity index is 953. The number of Topliss-reactive ketones (excluding diaryl/α,β-unsaturated/α-hetero) is 1. The molecule has 0 saturated heterocycles. The summed E-state index contributed by atoms with van der Waals surface area (Å²) >= 11 is 3.60. The number of nitrogens with one attached hydrogen (secondary N) is 1. The zero-order valence-corrected chi connectivity index (χ0v) is 24.1. The van der Waals surface area contributed by atoms with Crippen LogP contribution < -0.4 is 5.32 Å². The summed E-state index contributed by atoms with van der Waals surface area (Å²) in [5, 5.41) is 4.71. The van der Waals surface area contributed by atoms with Gasteiger partial charge in [0.05, 0.1) is 22.5 Å². The fourth-order valence-corrected chi connectivity index (χ4v) is 5.83. The number of fused-ring (bicyclic) bond motifs is 2. The first-order valence-corrected chi connectivity index (χ1v) is 15.1. The lowest BCUT2D eigenvalue weighted by atomic mass is 9.75. The van der Waals surface area contributed by atoms with Crippen LogP contribution in [0.25, 0.3) is 10.9 Å². The van der Waals surface area contributed by atoms with Crippen LogP contribution in [0.15, 0.2) is 22.7 Å². The van der Waals surface area contributed by atoms with Gasteiger partial charge in [0.1, 0.15) is 0 Å². The van der Waals surface area contributed by atoms with Gasteiger partial charge in [-0.05, 0) is 36.5 Å². The molecule has 0 unspecified atom stereocenters. The Balaban J connectivity index is 1.40. The molecular formula is C31H47BrN2O. The van der Waals surface area contributed by atoms with Crippen molar-refractivity contribution in [2.24, 2.45) is 5.41 Å². The normalized spacial score (nSPS) is 14.9. The maximum atomic E-state index is 13.1. The number of carbonyl (C=O) groups excluding carboxylic acids is 1. The minimum atomic E-state index is -0.0218. The molecule has 1 aromatic heterocycles. The summed E-state index contributed by atoms with van der Waals surface area (Å²) in [4.78, 5) is 18.0. The topological polar surface area (TPSA) is 42.0 Å². The van der Waals surface area contributed by atoms with Gasteiger partial charge in [0, 0.05) is 22.8 Å². The van der Waals surface area contributed by atoms with Crippen LogP contribution in [-0.4, -0.2) is 17.3 Å². The second-order valence-electron chi connectivity index (χ2n) is 11.4. The molecule has 1 aliphatic rings. The number of rotatable bonds is 16. The van der Waals surface area contributed by atoms with Crippen LogP contribution in [0, 0.1) is 5.41 Å². The maximum Gasteiger partial charge on any atom is 0.167 e. The predicted molar refractivity (Wildman–Crippen MR) is 155 cm³/mol. The Kier molecular flexibility index (Phi) is 11.5. The van der Waals surface area contributed by atoms with Crippen LogP contribution in [-0.2, 0) is 6.42 Å². The lowest BCUT2D eigenvalue weighted by molar-refractivity contribution is 0.0911. The molecule has 1 N–H and O–H groups in total. The molecule has 1 aromatic carbocycles. The number of ketones is 1. The molecule has 0 amide bonds. The van der Waals surface area contributed by atoms with Crippen molar-refractivity contribution in [3.8, 4) is 0 Å². The van der Waals surface area contributed by atoms with Crippen molar-refractivity contribution >= 4 is 38.3 Å². The number of aromatic nitrogens is 1. The molecule has 0 saturated carbocycles. The van der Waals surface area contributed by atoms with Crippen molar-refractivity contribution in [2.45, 2.75) is 124 Å². The lowest BCUT2D eigenvalue weighted by Crippen LogP contribution is -2.29. The smallest absolute Gasteiger partial charge is 0.167 e. The van der Waals surface area contributed by atoms with E-state index in [1.807, 2.05) is 6.07 Å². The van der Waals surface area contributed by atoms with Gasteiger partial charge in [-0.2, -0.15) is 0 Å². The zero-order valence-electron chi connectivity index (χ0n) is 22.5. The van der Waals surface area contributed by atoms with E-state index < -0.39 is 0 Å². The number of pyridine rings is 1. The van der Waals surface area contributed by atoms with E-state index in [1.165, 1.54) is 83.5 Å². The van der Waals surface area contributed by atoms with E-state index >= 15 is 0 Å². The first-order valence-electron chi connectivity index (χ1n) is 14.3. The molecule has 0 aliphatic heterocycles. The number of nitrogens with zero attached hydrogens (tertiary/aromatic N) is 1. The molecule has 0 radical (unpaired) electrons. The molecule has 194 valence electrons. The van der Waals surface area contributed by atoms with Gasteiger partial charge in [-0.15, -0.1) is 0 Å². The molecule has 1 heterocycles. The molecule has 3 nitrogen and oxygen atoms in total. The van der Waals surface area contributed by atoms with Crippen LogP contribution >= 0.6 is 15.9 Å². The highest BCUT2D eigenvalue weighted by atomic mass is 79.9. The van der Waals surface area contributed by atoms with Crippen molar-refractivity contribution in [3.05, 3.63) is 33.9 Å². The fraction of sp³-hybridized carbons (Fsp3) is 0.677. The van der Waals surface area contributed by atoms with Crippen LogP contribution in [0.3, 0.4) is 0 Å². The van der Waals surface area contributed by atoms with E-state index in [9.17, 15) is 4.79 Å². The first-order chi connectivity index (χ1) is 16.9. The Morgan fingerprint density at radius 2 is 1.43 bits per heavy atom. The summed E-state index contributed by atoms with van der Waals surface area (Å²) < 4.78 is 1.02. The Morgan fingerprint density at radius 1 is 0.857 bits per heavy atom. The molecule has 4 heteroatoms. The molecule has 1 aliphatic carbocycles. The number of hydrogen-bond donors (Lipinski definition) is 1. The number of anilines is 1. The molecule has 0 bridgehead atoms. The number of halogens is 1. The van der Waals surface area contributed by atoms with E-state index in [2.05, 4.69) is 54.2 Å². The van der Waals surface area contributed by atoms with E-state index in [1.54, 1.807) is 0 Å². The second-order valence-corrected chi connectivity index (χ2v) is 12.3. The van der Waals surface area contributed by atoms with Crippen LogP contribution in [0.1, 0.15) is 133 Å². The fourth-order valence-electron chi connectivity index (χ4n) is 5.47. The average molecular weight is 544 g/mol. The Morgan fingerprint density at radius 3 is 2.03 bits per heavy atom. The third-order valence-electron chi connectivity index (χ3n) is 7.42. The molecule has 35 heavy (non-hydrogen) atoms. The lowest BCUT2D eigenvalue weighted by Gasteiger charge is -2.31.